The minimum Gasteiger partial charge on any atom is -0.506 e. The number of sulfonamides is 1. The average molecular weight is 537 g/mol. The molecule has 1 aromatic heterocycles. The van der Waals surface area contributed by atoms with Crippen LogP contribution >= 0.6 is 7.52 Å². The number of nitrogens with one attached hydrogen (secondary N) is 2. The third kappa shape index (κ3) is 4.88. The summed E-state index contributed by atoms with van der Waals surface area (Å²) in [6.07, 6.45) is 1.62. The fourth-order valence-corrected chi connectivity index (χ4v) is 6.07. The van der Waals surface area contributed by atoms with Gasteiger partial charge in [0.1, 0.15) is 17.1 Å². The van der Waals surface area contributed by atoms with Crippen molar-refractivity contribution in [2.45, 2.75) is 26.8 Å². The maximum atomic E-state index is 14.1. The summed E-state index contributed by atoms with van der Waals surface area (Å²) in [4.78, 5) is 13.6. The standard InChI is InChI=1S/C23H26FN4O6PS/c1-13(2)9-10-28-18-8-5-14(24)11-16(18)21(29)20(23(28)30)22-25-17-7-6-15(27-36(4,32)33)12-19(17)35(31,26-22)34-3/h5-8,11-13,27,29H,9-10H2,1-4H3,(H,25,26,31). The second kappa shape index (κ2) is 9.34. The number of anilines is 2. The van der Waals surface area contributed by atoms with Crippen LogP contribution in [0.25, 0.3) is 10.9 Å². The predicted octanol–water partition coefficient (Wildman–Crippen LogP) is 3.60. The highest BCUT2D eigenvalue weighted by Crippen LogP contribution is 2.52. The van der Waals surface area contributed by atoms with Gasteiger partial charge in [0.05, 0.1) is 22.8 Å². The third-order valence-electron chi connectivity index (χ3n) is 5.70. The number of aryl methyl sites for hydroxylation is 1. The van der Waals surface area contributed by atoms with E-state index < -0.39 is 34.7 Å². The number of benzene rings is 2. The van der Waals surface area contributed by atoms with E-state index in [2.05, 4.69) is 14.8 Å². The molecule has 2 aromatic carbocycles. The van der Waals surface area contributed by atoms with Crippen molar-refractivity contribution in [3.8, 4) is 5.75 Å². The predicted molar refractivity (Wildman–Crippen MR) is 139 cm³/mol. The normalized spacial score (nSPS) is 17.6. The zero-order chi connectivity index (χ0) is 26.4. The molecule has 36 heavy (non-hydrogen) atoms. The maximum Gasteiger partial charge on any atom is 0.348 e. The molecule has 0 bridgehead atoms. The molecule has 3 N–H and O–H groups in total. The summed E-state index contributed by atoms with van der Waals surface area (Å²) in [5.41, 5.74) is -0.130. The van der Waals surface area contributed by atoms with Gasteiger partial charge in [-0.3, -0.25) is 14.1 Å². The summed E-state index contributed by atoms with van der Waals surface area (Å²) in [5.74, 6) is -1.05. The molecule has 1 unspecified atom stereocenters. The van der Waals surface area contributed by atoms with Gasteiger partial charge in [-0.05, 0) is 48.7 Å². The number of hydrogen-bond acceptors (Lipinski definition) is 7. The quantitative estimate of drug-likeness (QED) is 0.392. The second-order valence-corrected chi connectivity index (χ2v) is 12.7. The maximum absolute atomic E-state index is 14.1. The molecule has 4 rings (SSSR count). The van der Waals surface area contributed by atoms with E-state index >= 15 is 0 Å². The van der Waals surface area contributed by atoms with Crippen LogP contribution in [0.4, 0.5) is 15.8 Å². The largest absolute Gasteiger partial charge is 0.506 e. The first-order valence-electron chi connectivity index (χ1n) is 11.0. The Morgan fingerprint density at radius 2 is 1.97 bits per heavy atom. The Morgan fingerprint density at radius 3 is 2.61 bits per heavy atom. The van der Waals surface area contributed by atoms with Crippen LogP contribution < -0.4 is 20.9 Å². The molecule has 3 aromatic rings. The van der Waals surface area contributed by atoms with Crippen molar-refractivity contribution in [2.24, 2.45) is 10.7 Å². The molecule has 0 radical (unpaired) electrons. The van der Waals surface area contributed by atoms with Crippen molar-refractivity contribution < 1.29 is 27.0 Å². The SMILES string of the molecule is COP1(=O)N=C(c2c(O)c3cc(F)ccc3n(CCC(C)C)c2=O)Nc2ccc(NS(C)(=O)=O)cc21. The summed E-state index contributed by atoms with van der Waals surface area (Å²) in [7, 11) is -6.42. The molecule has 0 saturated heterocycles. The fraction of sp³-hybridized carbons (Fsp3) is 0.304. The van der Waals surface area contributed by atoms with Crippen LogP contribution in [0.1, 0.15) is 25.8 Å². The first-order valence-corrected chi connectivity index (χ1v) is 14.5. The zero-order valence-electron chi connectivity index (χ0n) is 20.1. The Kier molecular flexibility index (Phi) is 6.72. The Bertz CT molecular complexity index is 1620. The van der Waals surface area contributed by atoms with Gasteiger partial charge >= 0.3 is 7.52 Å². The lowest BCUT2D eigenvalue weighted by Crippen LogP contribution is -2.33. The summed E-state index contributed by atoms with van der Waals surface area (Å²) in [6.45, 7) is 4.30. The lowest BCUT2D eigenvalue weighted by molar-refractivity contribution is 0.404. The molecular weight excluding hydrogens is 510 g/mol. The third-order valence-corrected chi connectivity index (χ3v) is 8.25. The Balaban J connectivity index is 1.93. The molecule has 0 fully saturated rings. The Morgan fingerprint density at radius 1 is 1.25 bits per heavy atom. The summed E-state index contributed by atoms with van der Waals surface area (Å²) < 4.78 is 64.2. The Labute approximate surface area is 207 Å². The topological polar surface area (TPSA) is 139 Å². The van der Waals surface area contributed by atoms with Crippen LogP contribution in [-0.4, -0.2) is 37.3 Å². The smallest absolute Gasteiger partial charge is 0.348 e. The lowest BCUT2D eigenvalue weighted by Gasteiger charge is -2.25. The van der Waals surface area contributed by atoms with Crippen molar-refractivity contribution in [3.05, 3.63) is 58.1 Å². The first-order chi connectivity index (χ1) is 16.8. The van der Waals surface area contributed by atoms with Gasteiger partial charge in [0.25, 0.3) is 5.56 Å². The molecule has 13 heteroatoms. The van der Waals surface area contributed by atoms with E-state index in [1.54, 1.807) is 0 Å². The minimum atomic E-state index is -4.00. The summed E-state index contributed by atoms with van der Waals surface area (Å²) in [6, 6.07) is 7.98. The highest BCUT2D eigenvalue weighted by atomic mass is 32.2. The van der Waals surface area contributed by atoms with Crippen LogP contribution in [0.2, 0.25) is 0 Å². The number of aromatic nitrogens is 1. The van der Waals surface area contributed by atoms with Gasteiger partial charge in [0.2, 0.25) is 10.0 Å². The molecule has 0 amide bonds. The number of aromatic hydroxyl groups is 1. The van der Waals surface area contributed by atoms with Crippen LogP contribution in [-0.2, 0) is 25.7 Å². The van der Waals surface area contributed by atoms with Gasteiger partial charge in [-0.25, -0.2) is 12.8 Å². The first kappa shape index (κ1) is 25.9. The number of pyridine rings is 1. The van der Waals surface area contributed by atoms with E-state index in [-0.39, 0.29) is 39.4 Å². The molecule has 0 aliphatic carbocycles. The molecule has 10 nitrogen and oxygen atoms in total. The zero-order valence-corrected chi connectivity index (χ0v) is 21.8. The fourth-order valence-electron chi connectivity index (χ4n) is 3.97. The van der Waals surface area contributed by atoms with E-state index in [1.165, 1.54) is 42.0 Å². The van der Waals surface area contributed by atoms with Crippen LogP contribution in [0.15, 0.2) is 46.0 Å². The van der Waals surface area contributed by atoms with Gasteiger partial charge < -0.3 is 19.5 Å². The molecule has 0 saturated carbocycles. The number of nitrogens with zero attached hydrogens (tertiary/aromatic N) is 2. The molecule has 1 aliphatic rings. The van der Waals surface area contributed by atoms with Crippen molar-refractivity contribution in [2.75, 3.05) is 23.4 Å². The van der Waals surface area contributed by atoms with Crippen molar-refractivity contribution >= 4 is 51.0 Å². The summed E-state index contributed by atoms with van der Waals surface area (Å²) >= 11 is 0. The highest BCUT2D eigenvalue weighted by Gasteiger charge is 2.35. The molecule has 0 spiro atoms. The van der Waals surface area contributed by atoms with Gasteiger partial charge in [-0.1, -0.05) is 13.8 Å². The van der Waals surface area contributed by atoms with Crippen LogP contribution in [0, 0.1) is 11.7 Å². The minimum absolute atomic E-state index is 0.0776. The van der Waals surface area contributed by atoms with Gasteiger partial charge in [0, 0.05) is 24.7 Å². The van der Waals surface area contributed by atoms with Crippen molar-refractivity contribution in [1.29, 1.82) is 0 Å². The Hall–Kier alpha value is -3.21. The molecule has 192 valence electrons. The molecule has 2 heterocycles. The van der Waals surface area contributed by atoms with Crippen molar-refractivity contribution in [1.82, 2.24) is 4.57 Å². The number of fused-ring (bicyclic) bond motifs is 2. The number of halogens is 1. The molecule has 1 atom stereocenters. The van der Waals surface area contributed by atoms with Gasteiger partial charge in [-0.2, -0.15) is 4.76 Å². The van der Waals surface area contributed by atoms with Crippen LogP contribution in [0.3, 0.4) is 0 Å². The van der Waals surface area contributed by atoms with E-state index in [0.29, 0.717) is 18.5 Å². The van der Waals surface area contributed by atoms with E-state index in [1.807, 2.05) is 13.8 Å². The lowest BCUT2D eigenvalue weighted by atomic mass is 10.1. The second-order valence-electron chi connectivity index (χ2n) is 8.91. The molecular formula is C23H26FN4O6PS. The monoisotopic (exact) mass is 536 g/mol. The average Bonchev–Trinajstić information content (AvgIpc) is 2.78. The highest BCUT2D eigenvalue weighted by molar-refractivity contribution is 7.92. The van der Waals surface area contributed by atoms with Gasteiger partial charge in [0.15, 0.2) is 5.84 Å². The van der Waals surface area contributed by atoms with E-state index in [0.717, 1.165) is 12.3 Å². The number of amidine groups is 1. The number of rotatable bonds is 7. The summed E-state index contributed by atoms with van der Waals surface area (Å²) in [5, 5.41) is 14.1. The van der Waals surface area contributed by atoms with E-state index in [4.69, 9.17) is 4.52 Å². The van der Waals surface area contributed by atoms with Gasteiger partial charge in [-0.15, -0.1) is 0 Å². The van der Waals surface area contributed by atoms with E-state index in [9.17, 15) is 27.3 Å². The molecule has 1 aliphatic heterocycles. The van der Waals surface area contributed by atoms with Crippen molar-refractivity contribution in [3.63, 3.8) is 0 Å². The van der Waals surface area contributed by atoms with Crippen LogP contribution in [0.5, 0.6) is 5.75 Å². The number of hydrogen-bond donors (Lipinski definition) is 3.